The van der Waals surface area contributed by atoms with Crippen LogP contribution in [0.3, 0.4) is 0 Å². The molecule has 0 spiro atoms. The van der Waals surface area contributed by atoms with Gasteiger partial charge in [-0.25, -0.2) is 0 Å². The van der Waals surface area contributed by atoms with E-state index in [2.05, 4.69) is 299 Å². The van der Waals surface area contributed by atoms with Crippen LogP contribution in [0.1, 0.15) is 16.7 Å². The summed E-state index contributed by atoms with van der Waals surface area (Å²) in [5.41, 5.74) is 18.8. The highest BCUT2D eigenvalue weighted by molar-refractivity contribution is 6.11. The fraction of sp³-hybridized carbons (Fsp3) is 0.0149. The Bertz CT molecular complexity index is 3830. The molecule has 0 bridgehead atoms. The summed E-state index contributed by atoms with van der Waals surface area (Å²) in [7, 11) is 0. The standard InChI is InChI=1S/C67H47N3/c1-6-23-48(24-7-1)50-27-22-34-56(45-50)70(53-32-14-5-15-33-53)67(51-28-10-3-11-29-51)62-38-19-16-36-58(62)59-43-41-54(46-63(59)67)68(52-30-12-4-13-31-52)55-42-44-61-60-37-18-21-40-65(60)69(66(61)47-55)64-39-20-17-35-57(64)49-25-8-2-9-26-49/h1-47H. The van der Waals surface area contributed by atoms with Crippen LogP contribution in [0.25, 0.3) is 60.9 Å². The van der Waals surface area contributed by atoms with Crippen molar-refractivity contribution in [2.75, 3.05) is 9.80 Å². The SMILES string of the molecule is c1ccc(-c2cccc(N(c3ccccc3)C3(c4ccccc4)c4ccccc4-c4ccc(N(c5ccccc5)c5ccc6c7ccccc7n(-c7ccccc7-c7ccccc7)c6c5)cc43)c2)cc1. The van der Waals surface area contributed by atoms with Crippen LogP contribution in [0.2, 0.25) is 0 Å². The third kappa shape index (κ3) is 6.66. The molecule has 1 aromatic heterocycles. The Hall–Kier alpha value is -9.18. The Morgan fingerprint density at radius 1 is 0.286 bits per heavy atom. The van der Waals surface area contributed by atoms with Gasteiger partial charge in [-0.15, -0.1) is 0 Å². The highest BCUT2D eigenvalue weighted by atomic mass is 15.2. The maximum atomic E-state index is 2.59. The Balaban J connectivity index is 1.08. The van der Waals surface area contributed by atoms with E-state index in [0.717, 1.165) is 45.2 Å². The Morgan fingerprint density at radius 3 is 1.57 bits per heavy atom. The van der Waals surface area contributed by atoms with Crippen molar-refractivity contribution in [2.45, 2.75) is 5.54 Å². The molecule has 1 heterocycles. The lowest BCUT2D eigenvalue weighted by molar-refractivity contribution is 0.644. The van der Waals surface area contributed by atoms with E-state index in [-0.39, 0.29) is 0 Å². The molecule has 0 N–H and O–H groups in total. The first-order valence-corrected chi connectivity index (χ1v) is 24.1. The zero-order valence-electron chi connectivity index (χ0n) is 38.5. The number of benzene rings is 11. The fourth-order valence-corrected chi connectivity index (χ4v) is 11.2. The van der Waals surface area contributed by atoms with Gasteiger partial charge in [0.2, 0.25) is 0 Å². The van der Waals surface area contributed by atoms with E-state index in [9.17, 15) is 0 Å². The van der Waals surface area contributed by atoms with E-state index in [1.807, 2.05) is 0 Å². The first kappa shape index (κ1) is 41.0. The number of anilines is 5. The molecule has 1 atom stereocenters. The van der Waals surface area contributed by atoms with Crippen LogP contribution in [0.5, 0.6) is 0 Å². The van der Waals surface area contributed by atoms with E-state index >= 15 is 0 Å². The predicted octanol–water partition coefficient (Wildman–Crippen LogP) is 17.7. The number of rotatable bonds is 10. The predicted molar refractivity (Wildman–Crippen MR) is 293 cm³/mol. The maximum absolute atomic E-state index is 2.59. The summed E-state index contributed by atoms with van der Waals surface area (Å²) < 4.78 is 2.46. The van der Waals surface area contributed by atoms with E-state index < -0.39 is 5.54 Å². The third-order valence-corrected chi connectivity index (χ3v) is 14.2. The molecule has 0 fully saturated rings. The van der Waals surface area contributed by atoms with Gasteiger partial charge in [-0.2, -0.15) is 0 Å². The monoisotopic (exact) mass is 893 g/mol. The molecule has 0 aliphatic heterocycles. The van der Waals surface area contributed by atoms with Gasteiger partial charge in [-0.05, 0) is 117 Å². The second-order valence-electron chi connectivity index (χ2n) is 18.0. The summed E-state index contributed by atoms with van der Waals surface area (Å²) in [6, 6.07) is 104. The quantitative estimate of drug-likeness (QED) is 0.136. The number of hydrogen-bond donors (Lipinski definition) is 0. The van der Waals surface area contributed by atoms with Gasteiger partial charge in [0.25, 0.3) is 0 Å². The molecule has 0 radical (unpaired) electrons. The van der Waals surface area contributed by atoms with Crippen LogP contribution < -0.4 is 9.80 Å². The van der Waals surface area contributed by atoms with Crippen LogP contribution in [0.4, 0.5) is 28.4 Å². The summed E-state index contributed by atoms with van der Waals surface area (Å²) in [5.74, 6) is 0. The van der Waals surface area contributed by atoms with Crippen molar-refractivity contribution < 1.29 is 0 Å². The van der Waals surface area contributed by atoms with Crippen molar-refractivity contribution in [2.24, 2.45) is 0 Å². The molecule has 0 saturated carbocycles. The average molecular weight is 894 g/mol. The molecule has 0 amide bonds. The van der Waals surface area contributed by atoms with Gasteiger partial charge in [-0.1, -0.05) is 212 Å². The molecule has 3 heteroatoms. The zero-order chi connectivity index (χ0) is 46.4. The van der Waals surface area contributed by atoms with Crippen LogP contribution in [0.15, 0.2) is 285 Å². The van der Waals surface area contributed by atoms with Gasteiger partial charge in [0, 0.05) is 44.8 Å². The van der Waals surface area contributed by atoms with Gasteiger partial charge in [0.15, 0.2) is 0 Å². The normalized spacial score (nSPS) is 13.8. The molecule has 1 aliphatic carbocycles. The van der Waals surface area contributed by atoms with Gasteiger partial charge in [0.05, 0.1) is 16.7 Å². The second-order valence-corrected chi connectivity index (χ2v) is 18.0. The Morgan fingerprint density at radius 2 is 0.814 bits per heavy atom. The van der Waals surface area contributed by atoms with Gasteiger partial charge >= 0.3 is 0 Å². The summed E-state index contributed by atoms with van der Waals surface area (Å²) in [5, 5.41) is 2.43. The first-order chi connectivity index (χ1) is 34.8. The number of hydrogen-bond acceptors (Lipinski definition) is 2. The van der Waals surface area contributed by atoms with Crippen LogP contribution >= 0.6 is 0 Å². The molecule has 11 aromatic carbocycles. The number of nitrogens with zero attached hydrogens (tertiary/aromatic N) is 3. The summed E-state index contributed by atoms with van der Waals surface area (Å²) in [4.78, 5) is 5.03. The molecule has 1 aliphatic rings. The molecular weight excluding hydrogens is 847 g/mol. The van der Waals surface area contributed by atoms with Crippen molar-refractivity contribution in [1.82, 2.24) is 4.57 Å². The summed E-state index contributed by atoms with van der Waals surface area (Å²) in [6.07, 6.45) is 0. The first-order valence-electron chi connectivity index (χ1n) is 24.1. The van der Waals surface area contributed by atoms with Crippen molar-refractivity contribution in [3.05, 3.63) is 302 Å². The number of fused-ring (bicyclic) bond motifs is 6. The minimum absolute atomic E-state index is 0.792. The lowest BCUT2D eigenvalue weighted by atomic mass is 9.78. The summed E-state index contributed by atoms with van der Waals surface area (Å²) in [6.45, 7) is 0. The highest BCUT2D eigenvalue weighted by Crippen LogP contribution is 2.59. The molecule has 3 nitrogen and oxygen atoms in total. The molecule has 70 heavy (non-hydrogen) atoms. The minimum atomic E-state index is -0.792. The van der Waals surface area contributed by atoms with Gasteiger partial charge in [-0.3, -0.25) is 0 Å². The number of para-hydroxylation sites is 4. The van der Waals surface area contributed by atoms with Crippen LogP contribution in [0, 0.1) is 0 Å². The smallest absolute Gasteiger partial charge is 0.122 e. The Labute approximate surface area is 409 Å². The van der Waals surface area contributed by atoms with Crippen molar-refractivity contribution in [3.63, 3.8) is 0 Å². The van der Waals surface area contributed by atoms with Crippen molar-refractivity contribution >= 4 is 50.2 Å². The number of aromatic nitrogens is 1. The maximum Gasteiger partial charge on any atom is 0.122 e. The topological polar surface area (TPSA) is 11.4 Å². The average Bonchev–Trinajstić information content (AvgIpc) is 3.92. The molecule has 13 rings (SSSR count). The molecule has 1 unspecified atom stereocenters. The third-order valence-electron chi connectivity index (χ3n) is 14.2. The molecule has 0 saturated heterocycles. The van der Waals surface area contributed by atoms with Crippen LogP contribution in [-0.2, 0) is 5.54 Å². The summed E-state index contributed by atoms with van der Waals surface area (Å²) >= 11 is 0. The molecule has 12 aromatic rings. The Kier molecular flexibility index (Phi) is 10.1. The molecule has 330 valence electrons. The van der Waals surface area contributed by atoms with E-state index in [1.54, 1.807) is 0 Å². The van der Waals surface area contributed by atoms with Gasteiger partial charge in [0.1, 0.15) is 5.54 Å². The van der Waals surface area contributed by atoms with Crippen molar-refractivity contribution in [1.29, 1.82) is 0 Å². The fourth-order valence-electron chi connectivity index (χ4n) is 11.2. The second kappa shape index (κ2) is 17.2. The molecular formula is C67H47N3. The minimum Gasteiger partial charge on any atom is -0.323 e. The van der Waals surface area contributed by atoms with E-state index in [0.29, 0.717) is 0 Å². The van der Waals surface area contributed by atoms with Crippen molar-refractivity contribution in [3.8, 4) is 39.1 Å². The lowest BCUT2D eigenvalue weighted by Gasteiger charge is -2.45. The zero-order valence-corrected chi connectivity index (χ0v) is 38.5. The van der Waals surface area contributed by atoms with E-state index in [1.165, 1.54) is 60.8 Å². The lowest BCUT2D eigenvalue weighted by Crippen LogP contribution is -2.44. The van der Waals surface area contributed by atoms with Gasteiger partial charge < -0.3 is 14.4 Å². The largest absolute Gasteiger partial charge is 0.323 e. The highest BCUT2D eigenvalue weighted by Gasteiger charge is 2.50. The van der Waals surface area contributed by atoms with E-state index in [4.69, 9.17) is 0 Å². The van der Waals surface area contributed by atoms with Crippen LogP contribution in [-0.4, -0.2) is 4.57 Å².